The molecule has 0 aromatic heterocycles. The Balaban J connectivity index is 3.37. The average Bonchev–Trinajstić information content (AvgIpc) is 2.87. The first-order valence-corrected chi connectivity index (χ1v) is 13.1. The zero-order valence-corrected chi connectivity index (χ0v) is 24.0. The van der Waals surface area contributed by atoms with E-state index in [0.717, 1.165) is 7.11 Å². The highest BCUT2D eigenvalue weighted by molar-refractivity contribution is 5.87. The Morgan fingerprint density at radius 1 is 0.700 bits per heavy atom. The topological polar surface area (TPSA) is 186 Å². The van der Waals surface area contributed by atoms with E-state index in [9.17, 15) is 19.2 Å². The highest BCUT2D eigenvalue weighted by Crippen LogP contribution is 2.06. The zero-order chi connectivity index (χ0) is 30.1. The van der Waals surface area contributed by atoms with Gasteiger partial charge in [0.1, 0.15) is 11.6 Å². The van der Waals surface area contributed by atoms with Crippen molar-refractivity contribution in [3.05, 3.63) is 0 Å². The predicted octanol–water partition coefficient (Wildman–Crippen LogP) is 0.133. The summed E-state index contributed by atoms with van der Waals surface area (Å²) in [5.41, 5.74) is -0.529. The fourth-order valence-electron chi connectivity index (χ4n) is 2.62. The van der Waals surface area contributed by atoms with Crippen LogP contribution >= 0.6 is 0 Å². The van der Waals surface area contributed by atoms with Crippen molar-refractivity contribution < 1.29 is 62.2 Å². The number of nitrogens with one attached hydrogen (secondary N) is 2. The molecule has 0 fully saturated rings. The second-order valence-electron chi connectivity index (χ2n) is 9.09. The van der Waals surface area contributed by atoms with Gasteiger partial charge in [-0.15, -0.1) is 0 Å². The molecule has 0 aromatic carbocycles. The maximum absolute atomic E-state index is 11.8. The number of hydrogen-bond donors (Lipinski definition) is 3. The normalized spacial score (nSPS) is 12.0. The molecule has 0 spiro atoms. The molecule has 234 valence electrons. The lowest BCUT2D eigenvalue weighted by atomic mass is 10.2. The molecule has 0 radical (unpaired) electrons. The summed E-state index contributed by atoms with van der Waals surface area (Å²) >= 11 is 0. The molecular weight excluding hydrogens is 536 g/mol. The Hall–Kier alpha value is -2.56. The van der Waals surface area contributed by atoms with Gasteiger partial charge in [0.25, 0.3) is 0 Å². The maximum Gasteiger partial charge on any atom is 0.407 e. The molecule has 0 saturated heterocycles. The van der Waals surface area contributed by atoms with Crippen LogP contribution < -0.4 is 10.6 Å². The second-order valence-corrected chi connectivity index (χ2v) is 9.09. The van der Waals surface area contributed by atoms with Crippen LogP contribution in [0.2, 0.25) is 0 Å². The molecule has 0 aliphatic carbocycles. The van der Waals surface area contributed by atoms with Gasteiger partial charge >= 0.3 is 18.0 Å². The summed E-state index contributed by atoms with van der Waals surface area (Å²) < 4.78 is 41.7. The molecular formula is C25H46N2O13. The highest BCUT2D eigenvalue weighted by atomic mass is 16.6. The van der Waals surface area contributed by atoms with Crippen molar-refractivity contribution in [2.45, 2.75) is 45.3 Å². The third kappa shape index (κ3) is 25.7. The molecule has 0 aliphatic rings. The molecule has 0 unspecified atom stereocenters. The lowest BCUT2D eigenvalue weighted by Gasteiger charge is -2.19. The largest absolute Gasteiger partial charge is 0.480 e. The number of ether oxygens (including phenoxy) is 8. The Kier molecular flexibility index (Phi) is 22.7. The van der Waals surface area contributed by atoms with E-state index in [1.807, 2.05) is 0 Å². The van der Waals surface area contributed by atoms with Crippen LogP contribution in [0.4, 0.5) is 4.79 Å². The SMILES string of the molecule is COC(=O)C[C@H](NC(=O)CCOCCOCCOCCOCCOCCOCCNC(=O)OC(C)(C)C)C(=O)O. The van der Waals surface area contributed by atoms with Gasteiger partial charge in [0.15, 0.2) is 0 Å². The van der Waals surface area contributed by atoms with E-state index < -0.39 is 42.0 Å². The van der Waals surface area contributed by atoms with E-state index in [1.54, 1.807) is 20.8 Å². The van der Waals surface area contributed by atoms with E-state index in [1.165, 1.54) is 0 Å². The summed E-state index contributed by atoms with van der Waals surface area (Å²) in [4.78, 5) is 45.5. The predicted molar refractivity (Wildman–Crippen MR) is 140 cm³/mol. The minimum absolute atomic E-state index is 0.0536. The molecule has 15 heteroatoms. The Morgan fingerprint density at radius 3 is 1.52 bits per heavy atom. The molecule has 0 bridgehead atoms. The summed E-state index contributed by atoms with van der Waals surface area (Å²) in [6, 6.07) is -1.35. The van der Waals surface area contributed by atoms with E-state index in [0.29, 0.717) is 72.6 Å². The van der Waals surface area contributed by atoms with Gasteiger partial charge in [-0.2, -0.15) is 0 Å². The van der Waals surface area contributed by atoms with Crippen LogP contribution in [0, 0.1) is 0 Å². The summed E-state index contributed by atoms with van der Waals surface area (Å²) in [6.45, 7) is 10.0. The van der Waals surface area contributed by atoms with Crippen molar-refractivity contribution in [2.24, 2.45) is 0 Å². The lowest BCUT2D eigenvalue weighted by molar-refractivity contribution is -0.148. The number of rotatable bonds is 25. The number of carbonyl (C=O) groups is 4. The molecule has 0 rings (SSSR count). The smallest absolute Gasteiger partial charge is 0.407 e. The Bertz CT molecular complexity index is 701. The van der Waals surface area contributed by atoms with Gasteiger partial charge < -0.3 is 53.6 Å². The molecule has 1 atom stereocenters. The van der Waals surface area contributed by atoms with Gasteiger partial charge in [0.05, 0.1) is 92.8 Å². The van der Waals surface area contributed by atoms with Crippen molar-refractivity contribution in [2.75, 3.05) is 92.9 Å². The number of esters is 1. The van der Waals surface area contributed by atoms with Gasteiger partial charge in [-0.05, 0) is 20.8 Å². The quantitative estimate of drug-likeness (QED) is 0.0975. The van der Waals surface area contributed by atoms with Crippen molar-refractivity contribution in [3.8, 4) is 0 Å². The number of carbonyl (C=O) groups excluding carboxylic acids is 3. The standard InChI is InChI=1S/C25H46N2O13/c1-25(2,3)40-24(32)26-6-8-35-10-12-37-14-16-39-18-17-38-15-13-36-11-9-34-7-5-21(28)27-20(23(30)31)19-22(29)33-4/h20H,5-19H2,1-4H3,(H,26,32)(H,27,28)(H,30,31)/t20-/m0/s1. The summed E-state index contributed by atoms with van der Waals surface area (Å²) in [5.74, 6) is -2.60. The van der Waals surface area contributed by atoms with Gasteiger partial charge in [-0.1, -0.05) is 0 Å². The number of aliphatic carboxylic acids is 1. The molecule has 0 saturated carbocycles. The van der Waals surface area contributed by atoms with Crippen LogP contribution in [0.5, 0.6) is 0 Å². The first-order chi connectivity index (χ1) is 19.0. The third-order valence-corrected chi connectivity index (χ3v) is 4.48. The van der Waals surface area contributed by atoms with Crippen LogP contribution in [0.3, 0.4) is 0 Å². The van der Waals surface area contributed by atoms with E-state index in [4.69, 9.17) is 38.3 Å². The van der Waals surface area contributed by atoms with E-state index in [2.05, 4.69) is 15.4 Å². The van der Waals surface area contributed by atoms with Gasteiger partial charge in [0.2, 0.25) is 5.91 Å². The summed E-state index contributed by atoms with van der Waals surface area (Å²) in [7, 11) is 1.14. The number of carboxylic acid groups (broad SMARTS) is 1. The molecule has 3 N–H and O–H groups in total. The highest BCUT2D eigenvalue weighted by Gasteiger charge is 2.23. The van der Waals surface area contributed by atoms with E-state index in [-0.39, 0.29) is 19.6 Å². The minimum Gasteiger partial charge on any atom is -0.480 e. The van der Waals surface area contributed by atoms with Gasteiger partial charge in [0, 0.05) is 13.0 Å². The van der Waals surface area contributed by atoms with Crippen molar-refractivity contribution in [3.63, 3.8) is 0 Å². The number of methoxy groups -OCH3 is 1. The number of carboxylic acids is 1. The number of hydrogen-bond acceptors (Lipinski definition) is 12. The van der Waals surface area contributed by atoms with Crippen LogP contribution in [-0.2, 0) is 52.3 Å². The zero-order valence-electron chi connectivity index (χ0n) is 24.0. The molecule has 2 amide bonds. The molecule has 15 nitrogen and oxygen atoms in total. The van der Waals surface area contributed by atoms with Crippen LogP contribution in [-0.4, -0.2) is 134 Å². The van der Waals surface area contributed by atoms with E-state index >= 15 is 0 Å². The first kappa shape index (κ1) is 37.4. The average molecular weight is 583 g/mol. The van der Waals surface area contributed by atoms with Crippen LogP contribution in [0.15, 0.2) is 0 Å². The first-order valence-electron chi connectivity index (χ1n) is 13.1. The molecule has 0 aromatic rings. The molecule has 0 heterocycles. The minimum atomic E-state index is -1.35. The Labute approximate surface area is 235 Å². The third-order valence-electron chi connectivity index (χ3n) is 4.48. The van der Waals surface area contributed by atoms with Crippen LogP contribution in [0.1, 0.15) is 33.6 Å². The lowest BCUT2D eigenvalue weighted by Crippen LogP contribution is -2.42. The van der Waals surface area contributed by atoms with Crippen molar-refractivity contribution >= 4 is 23.9 Å². The summed E-state index contributed by atoms with van der Waals surface area (Å²) in [5, 5.41) is 13.9. The van der Waals surface area contributed by atoms with Crippen LogP contribution in [0.25, 0.3) is 0 Å². The van der Waals surface area contributed by atoms with Crippen molar-refractivity contribution in [1.29, 1.82) is 0 Å². The fraction of sp³-hybridized carbons (Fsp3) is 0.840. The Morgan fingerprint density at radius 2 is 1.12 bits per heavy atom. The van der Waals surface area contributed by atoms with Gasteiger partial charge in [-0.25, -0.2) is 9.59 Å². The van der Waals surface area contributed by atoms with Gasteiger partial charge in [-0.3, -0.25) is 9.59 Å². The van der Waals surface area contributed by atoms with Crippen molar-refractivity contribution in [1.82, 2.24) is 10.6 Å². The molecule has 40 heavy (non-hydrogen) atoms. The number of amides is 2. The number of alkyl carbamates (subject to hydrolysis) is 1. The molecule has 0 aliphatic heterocycles. The fourth-order valence-corrected chi connectivity index (χ4v) is 2.62. The maximum atomic E-state index is 11.8. The monoisotopic (exact) mass is 582 g/mol. The summed E-state index contributed by atoms with van der Waals surface area (Å²) in [6.07, 6.45) is -0.981. The second kappa shape index (κ2) is 24.3.